The first-order chi connectivity index (χ1) is 7.99. The molecule has 1 atom stereocenters. The first kappa shape index (κ1) is 11.9. The monoisotopic (exact) mass is 230 g/mol. The van der Waals surface area contributed by atoms with Crippen molar-refractivity contribution in [1.82, 2.24) is 0 Å². The summed E-state index contributed by atoms with van der Waals surface area (Å²) in [6.07, 6.45) is -0.604. The second kappa shape index (κ2) is 4.38. The average Bonchev–Trinajstić information content (AvgIpc) is 2.57. The standard InChI is InChI=1S/C15H18O2/c1-9-5-6-13(10(2)7-9)15(16)14-8-11(3)17-12(14)4/h5-8,15-16H,1-4H3. The van der Waals surface area contributed by atoms with E-state index in [1.54, 1.807) is 0 Å². The molecule has 2 heteroatoms. The van der Waals surface area contributed by atoms with Gasteiger partial charge in [-0.05, 0) is 44.9 Å². The van der Waals surface area contributed by atoms with Crippen LogP contribution in [-0.2, 0) is 0 Å². The minimum Gasteiger partial charge on any atom is -0.466 e. The number of aryl methyl sites for hydroxylation is 4. The first-order valence-electron chi connectivity index (χ1n) is 5.81. The van der Waals surface area contributed by atoms with Gasteiger partial charge in [0.1, 0.15) is 17.6 Å². The maximum atomic E-state index is 10.4. The van der Waals surface area contributed by atoms with E-state index in [0.717, 1.165) is 28.2 Å². The maximum absolute atomic E-state index is 10.4. The van der Waals surface area contributed by atoms with Crippen molar-refractivity contribution < 1.29 is 9.52 Å². The molecule has 0 spiro atoms. The number of benzene rings is 1. The third kappa shape index (κ3) is 2.27. The lowest BCUT2D eigenvalue weighted by atomic mass is 9.96. The van der Waals surface area contributed by atoms with Crippen LogP contribution in [0.25, 0.3) is 0 Å². The molecule has 1 N–H and O–H groups in total. The predicted octanol–water partition coefficient (Wildman–Crippen LogP) is 3.59. The Hall–Kier alpha value is -1.54. The highest BCUT2D eigenvalue weighted by Gasteiger charge is 2.17. The van der Waals surface area contributed by atoms with E-state index in [4.69, 9.17) is 4.42 Å². The molecule has 0 fully saturated rings. The molecule has 1 unspecified atom stereocenters. The number of hydrogen-bond donors (Lipinski definition) is 1. The molecule has 1 aromatic heterocycles. The van der Waals surface area contributed by atoms with Gasteiger partial charge in [-0.1, -0.05) is 23.8 Å². The van der Waals surface area contributed by atoms with Crippen LogP contribution in [0.2, 0.25) is 0 Å². The smallest absolute Gasteiger partial charge is 0.108 e. The van der Waals surface area contributed by atoms with Crippen molar-refractivity contribution in [2.24, 2.45) is 0 Å². The van der Waals surface area contributed by atoms with Crippen LogP contribution >= 0.6 is 0 Å². The lowest BCUT2D eigenvalue weighted by Gasteiger charge is -2.13. The van der Waals surface area contributed by atoms with Crippen LogP contribution in [0.4, 0.5) is 0 Å². The molecule has 2 nitrogen and oxygen atoms in total. The minimum atomic E-state index is -0.604. The summed E-state index contributed by atoms with van der Waals surface area (Å²) in [6.45, 7) is 7.85. The van der Waals surface area contributed by atoms with Crippen molar-refractivity contribution in [3.63, 3.8) is 0 Å². The Morgan fingerprint density at radius 3 is 2.24 bits per heavy atom. The van der Waals surface area contributed by atoms with E-state index in [0.29, 0.717) is 0 Å². The molecule has 0 aliphatic rings. The Morgan fingerprint density at radius 1 is 1.00 bits per heavy atom. The minimum absolute atomic E-state index is 0.604. The van der Waals surface area contributed by atoms with Gasteiger partial charge >= 0.3 is 0 Å². The normalized spacial score (nSPS) is 12.8. The van der Waals surface area contributed by atoms with E-state index in [1.807, 2.05) is 39.0 Å². The molecule has 2 rings (SSSR count). The third-order valence-electron chi connectivity index (χ3n) is 3.09. The van der Waals surface area contributed by atoms with Gasteiger partial charge < -0.3 is 9.52 Å². The zero-order valence-corrected chi connectivity index (χ0v) is 10.7. The predicted molar refractivity (Wildman–Crippen MR) is 68.2 cm³/mol. The fraction of sp³-hybridized carbons (Fsp3) is 0.333. The van der Waals surface area contributed by atoms with Gasteiger partial charge in [-0.3, -0.25) is 0 Å². The van der Waals surface area contributed by atoms with Gasteiger partial charge in [0, 0.05) is 5.56 Å². The summed E-state index contributed by atoms with van der Waals surface area (Å²) >= 11 is 0. The van der Waals surface area contributed by atoms with Gasteiger partial charge in [-0.25, -0.2) is 0 Å². The molecule has 90 valence electrons. The van der Waals surface area contributed by atoms with E-state index in [2.05, 4.69) is 13.0 Å². The second-order valence-corrected chi connectivity index (χ2v) is 4.63. The molecule has 2 aromatic rings. The number of rotatable bonds is 2. The molecule has 0 saturated carbocycles. The van der Waals surface area contributed by atoms with Crippen LogP contribution in [-0.4, -0.2) is 5.11 Å². The number of furan rings is 1. The van der Waals surface area contributed by atoms with Gasteiger partial charge in [0.25, 0.3) is 0 Å². The first-order valence-corrected chi connectivity index (χ1v) is 5.81. The van der Waals surface area contributed by atoms with E-state index in [1.165, 1.54) is 5.56 Å². The molecule has 0 bridgehead atoms. The Labute approximate surface area is 102 Å². The Morgan fingerprint density at radius 2 is 1.71 bits per heavy atom. The third-order valence-corrected chi connectivity index (χ3v) is 3.09. The summed E-state index contributed by atoms with van der Waals surface area (Å²) in [5, 5.41) is 10.4. The summed E-state index contributed by atoms with van der Waals surface area (Å²) in [6, 6.07) is 7.99. The molecule has 1 aromatic carbocycles. The number of aliphatic hydroxyl groups excluding tert-OH is 1. The summed E-state index contributed by atoms with van der Waals surface area (Å²) in [4.78, 5) is 0. The molecule has 17 heavy (non-hydrogen) atoms. The molecule has 0 saturated heterocycles. The summed E-state index contributed by atoms with van der Waals surface area (Å²) in [5.41, 5.74) is 4.11. The largest absolute Gasteiger partial charge is 0.466 e. The van der Waals surface area contributed by atoms with E-state index in [-0.39, 0.29) is 0 Å². The molecule has 0 amide bonds. The molecular formula is C15H18O2. The Balaban J connectivity index is 2.43. The van der Waals surface area contributed by atoms with Gasteiger partial charge in [0.05, 0.1) is 0 Å². The van der Waals surface area contributed by atoms with Gasteiger partial charge in [0.2, 0.25) is 0 Å². The van der Waals surface area contributed by atoms with E-state index in [9.17, 15) is 5.11 Å². The van der Waals surface area contributed by atoms with E-state index >= 15 is 0 Å². The quantitative estimate of drug-likeness (QED) is 0.855. The lowest BCUT2D eigenvalue weighted by molar-refractivity contribution is 0.217. The van der Waals surface area contributed by atoms with Crippen molar-refractivity contribution >= 4 is 0 Å². The summed E-state index contributed by atoms with van der Waals surface area (Å²) in [7, 11) is 0. The highest BCUT2D eigenvalue weighted by molar-refractivity contribution is 5.38. The van der Waals surface area contributed by atoms with Crippen molar-refractivity contribution in [3.8, 4) is 0 Å². The molecule has 0 aliphatic heterocycles. The molecule has 0 aliphatic carbocycles. The second-order valence-electron chi connectivity index (χ2n) is 4.63. The molecular weight excluding hydrogens is 212 g/mol. The number of hydrogen-bond acceptors (Lipinski definition) is 2. The topological polar surface area (TPSA) is 33.4 Å². The summed E-state index contributed by atoms with van der Waals surface area (Å²) < 4.78 is 5.46. The van der Waals surface area contributed by atoms with Crippen LogP contribution in [0.1, 0.15) is 39.9 Å². The van der Waals surface area contributed by atoms with Gasteiger partial charge in [-0.2, -0.15) is 0 Å². The van der Waals surface area contributed by atoms with Gasteiger partial charge in [-0.15, -0.1) is 0 Å². The Kier molecular flexibility index (Phi) is 3.07. The SMILES string of the molecule is Cc1ccc(C(O)c2cc(C)oc2C)c(C)c1. The summed E-state index contributed by atoms with van der Waals surface area (Å²) in [5.74, 6) is 1.62. The van der Waals surface area contributed by atoms with Crippen molar-refractivity contribution in [2.75, 3.05) is 0 Å². The molecule has 1 heterocycles. The van der Waals surface area contributed by atoms with Crippen LogP contribution in [0.15, 0.2) is 28.7 Å². The molecule has 0 radical (unpaired) electrons. The highest BCUT2D eigenvalue weighted by Crippen LogP contribution is 2.29. The van der Waals surface area contributed by atoms with Crippen molar-refractivity contribution in [2.45, 2.75) is 33.8 Å². The lowest BCUT2D eigenvalue weighted by Crippen LogP contribution is -2.02. The van der Waals surface area contributed by atoms with Crippen molar-refractivity contribution in [1.29, 1.82) is 0 Å². The van der Waals surface area contributed by atoms with E-state index < -0.39 is 6.10 Å². The zero-order chi connectivity index (χ0) is 12.6. The fourth-order valence-electron chi connectivity index (χ4n) is 2.22. The van der Waals surface area contributed by atoms with Crippen LogP contribution < -0.4 is 0 Å². The van der Waals surface area contributed by atoms with Crippen LogP contribution in [0.3, 0.4) is 0 Å². The van der Waals surface area contributed by atoms with Crippen molar-refractivity contribution in [3.05, 3.63) is 58.0 Å². The Bertz CT molecular complexity index is 538. The fourth-order valence-corrected chi connectivity index (χ4v) is 2.22. The van der Waals surface area contributed by atoms with Gasteiger partial charge in [0.15, 0.2) is 0 Å². The van der Waals surface area contributed by atoms with Crippen LogP contribution in [0.5, 0.6) is 0 Å². The number of aliphatic hydroxyl groups is 1. The average molecular weight is 230 g/mol. The maximum Gasteiger partial charge on any atom is 0.108 e. The highest BCUT2D eigenvalue weighted by atomic mass is 16.3. The van der Waals surface area contributed by atoms with Crippen LogP contribution in [0, 0.1) is 27.7 Å². The zero-order valence-electron chi connectivity index (χ0n) is 10.7.